The zero-order valence-electron chi connectivity index (χ0n) is 14.9. The average molecular weight is 346 g/mol. The lowest BCUT2D eigenvalue weighted by Crippen LogP contribution is -2.47. The minimum atomic E-state index is -0.211. The maximum Gasteiger partial charge on any atom is 0.409 e. The van der Waals surface area contributed by atoms with E-state index in [-0.39, 0.29) is 18.1 Å². The van der Waals surface area contributed by atoms with E-state index in [1.165, 1.54) is 12.6 Å². The Morgan fingerprint density at radius 1 is 1.20 bits per heavy atom. The number of nitrogens with zero attached hydrogens (tertiary/aromatic N) is 3. The average Bonchev–Trinajstić information content (AvgIpc) is 2.92. The summed E-state index contributed by atoms with van der Waals surface area (Å²) in [5, 5.41) is 2.79. The lowest BCUT2D eigenvalue weighted by molar-refractivity contribution is -0.114. The highest BCUT2D eigenvalue weighted by Gasteiger charge is 2.28. The van der Waals surface area contributed by atoms with Crippen LogP contribution in [0.25, 0.3) is 0 Å². The van der Waals surface area contributed by atoms with Crippen molar-refractivity contribution in [1.29, 1.82) is 0 Å². The molecule has 2 aliphatic heterocycles. The van der Waals surface area contributed by atoms with Crippen molar-refractivity contribution in [2.24, 2.45) is 0 Å². The topological polar surface area (TPSA) is 65.1 Å². The molecule has 0 aliphatic carbocycles. The van der Waals surface area contributed by atoms with Crippen LogP contribution in [-0.2, 0) is 9.53 Å². The van der Waals surface area contributed by atoms with Gasteiger partial charge in [0.05, 0.1) is 6.54 Å². The Balaban J connectivity index is 1.42. The molecule has 0 radical (unpaired) electrons. The highest BCUT2D eigenvalue weighted by Crippen LogP contribution is 2.20. The molecule has 2 saturated heterocycles. The molecular weight excluding hydrogens is 320 g/mol. The van der Waals surface area contributed by atoms with Gasteiger partial charge in [0.15, 0.2) is 0 Å². The van der Waals surface area contributed by atoms with Crippen LogP contribution < -0.4 is 10.2 Å². The number of ether oxygens (including phenoxy) is 1. The van der Waals surface area contributed by atoms with Crippen molar-refractivity contribution in [3.8, 4) is 0 Å². The van der Waals surface area contributed by atoms with Crippen molar-refractivity contribution in [3.63, 3.8) is 0 Å². The van der Waals surface area contributed by atoms with Crippen LogP contribution in [0.15, 0.2) is 24.3 Å². The second kappa shape index (κ2) is 7.74. The molecule has 1 unspecified atom stereocenters. The third-order valence-corrected chi connectivity index (χ3v) is 4.75. The van der Waals surface area contributed by atoms with E-state index in [1.807, 2.05) is 12.1 Å². The predicted octanol–water partition coefficient (Wildman–Crippen LogP) is 1.61. The number of amides is 2. The van der Waals surface area contributed by atoms with Crippen LogP contribution >= 0.6 is 0 Å². The summed E-state index contributed by atoms with van der Waals surface area (Å²) >= 11 is 0. The summed E-state index contributed by atoms with van der Waals surface area (Å²) in [5.74, 6) is -0.0551. The number of benzene rings is 1. The van der Waals surface area contributed by atoms with Crippen LogP contribution in [0.1, 0.15) is 13.3 Å². The smallest absolute Gasteiger partial charge is 0.409 e. The molecule has 0 aromatic heterocycles. The fourth-order valence-electron chi connectivity index (χ4n) is 3.32. The quantitative estimate of drug-likeness (QED) is 0.877. The van der Waals surface area contributed by atoms with Crippen molar-refractivity contribution in [2.75, 3.05) is 56.5 Å². The van der Waals surface area contributed by atoms with E-state index in [2.05, 4.69) is 27.2 Å². The summed E-state index contributed by atoms with van der Waals surface area (Å²) in [6.07, 6.45) is 0.705. The number of likely N-dealkylation sites (N-methyl/N-ethyl adjacent to an activating group) is 1. The highest BCUT2D eigenvalue weighted by molar-refractivity contribution is 5.88. The molecule has 2 heterocycles. The monoisotopic (exact) mass is 346 g/mol. The van der Waals surface area contributed by atoms with Crippen LogP contribution in [0, 0.1) is 0 Å². The van der Waals surface area contributed by atoms with Gasteiger partial charge in [0.25, 0.3) is 0 Å². The Bertz CT molecular complexity index is 611. The van der Waals surface area contributed by atoms with Crippen molar-refractivity contribution < 1.29 is 14.3 Å². The first-order valence-corrected chi connectivity index (χ1v) is 8.78. The maximum absolute atomic E-state index is 11.4. The summed E-state index contributed by atoms with van der Waals surface area (Å²) < 4.78 is 5.31. The van der Waals surface area contributed by atoms with Gasteiger partial charge >= 0.3 is 6.09 Å². The molecule has 0 bridgehead atoms. The summed E-state index contributed by atoms with van der Waals surface area (Å²) in [4.78, 5) is 28.9. The lowest BCUT2D eigenvalue weighted by atomic mass is 10.2. The van der Waals surface area contributed by atoms with Gasteiger partial charge in [-0.15, -0.1) is 0 Å². The minimum absolute atomic E-state index is 0.0249. The molecule has 7 nitrogen and oxygen atoms in total. The minimum Gasteiger partial charge on any atom is -0.444 e. The largest absolute Gasteiger partial charge is 0.444 e. The van der Waals surface area contributed by atoms with Gasteiger partial charge in [0, 0.05) is 58.1 Å². The van der Waals surface area contributed by atoms with Gasteiger partial charge < -0.3 is 19.9 Å². The molecule has 2 amide bonds. The molecule has 2 fully saturated rings. The second-order valence-electron chi connectivity index (χ2n) is 6.73. The first-order chi connectivity index (χ1) is 12.0. The number of carbonyl (C=O) groups is 2. The number of piperazine rings is 1. The van der Waals surface area contributed by atoms with Gasteiger partial charge in [0.1, 0.15) is 6.10 Å². The summed E-state index contributed by atoms with van der Waals surface area (Å²) in [7, 11) is 1.78. The van der Waals surface area contributed by atoms with Crippen LogP contribution in [0.3, 0.4) is 0 Å². The number of hydrogen-bond acceptors (Lipinski definition) is 5. The Labute approximate surface area is 148 Å². The van der Waals surface area contributed by atoms with Gasteiger partial charge in [-0.05, 0) is 30.7 Å². The predicted molar refractivity (Wildman–Crippen MR) is 96.9 cm³/mol. The highest BCUT2D eigenvalue weighted by atomic mass is 16.6. The van der Waals surface area contributed by atoms with Crippen molar-refractivity contribution in [2.45, 2.75) is 19.4 Å². The molecule has 136 valence electrons. The fraction of sp³-hybridized carbons (Fsp3) is 0.556. The molecule has 1 aromatic carbocycles. The number of anilines is 2. The zero-order valence-corrected chi connectivity index (χ0v) is 14.9. The van der Waals surface area contributed by atoms with Crippen LogP contribution in [-0.4, -0.2) is 74.2 Å². The molecule has 0 saturated carbocycles. The molecule has 1 aromatic rings. The molecule has 1 atom stereocenters. The van der Waals surface area contributed by atoms with E-state index in [9.17, 15) is 9.59 Å². The van der Waals surface area contributed by atoms with E-state index in [4.69, 9.17) is 4.74 Å². The molecule has 1 N–H and O–H groups in total. The van der Waals surface area contributed by atoms with Gasteiger partial charge in [-0.1, -0.05) is 0 Å². The van der Waals surface area contributed by atoms with Gasteiger partial charge in [-0.3, -0.25) is 9.69 Å². The number of cyclic esters (lactones) is 1. The zero-order chi connectivity index (χ0) is 17.8. The maximum atomic E-state index is 11.4. The summed E-state index contributed by atoms with van der Waals surface area (Å²) in [6, 6.07) is 7.98. The first-order valence-electron chi connectivity index (χ1n) is 8.78. The van der Waals surface area contributed by atoms with Crippen LogP contribution in [0.4, 0.5) is 16.2 Å². The molecule has 2 aliphatic rings. The lowest BCUT2D eigenvalue weighted by Gasteiger charge is -2.36. The third kappa shape index (κ3) is 4.63. The van der Waals surface area contributed by atoms with Gasteiger partial charge in [0.2, 0.25) is 5.91 Å². The van der Waals surface area contributed by atoms with Gasteiger partial charge in [-0.2, -0.15) is 0 Å². The number of rotatable bonds is 5. The van der Waals surface area contributed by atoms with E-state index in [0.29, 0.717) is 6.54 Å². The van der Waals surface area contributed by atoms with Crippen molar-refractivity contribution in [1.82, 2.24) is 9.80 Å². The SMILES string of the molecule is CC(=O)Nc1ccc(N2CCN(CCC3CN(C)C(=O)O3)CC2)cc1. The summed E-state index contributed by atoms with van der Waals surface area (Å²) in [6.45, 7) is 7.12. The number of nitrogens with one attached hydrogen (secondary N) is 1. The van der Waals surface area contributed by atoms with Crippen LogP contribution in [0.5, 0.6) is 0 Å². The second-order valence-corrected chi connectivity index (χ2v) is 6.73. The molecule has 0 spiro atoms. The van der Waals surface area contributed by atoms with Crippen LogP contribution in [0.2, 0.25) is 0 Å². The third-order valence-electron chi connectivity index (χ3n) is 4.75. The molecule has 25 heavy (non-hydrogen) atoms. The fourth-order valence-corrected chi connectivity index (χ4v) is 3.32. The first kappa shape index (κ1) is 17.5. The normalized spacial score (nSPS) is 21.4. The van der Waals surface area contributed by atoms with E-state index in [0.717, 1.165) is 44.8 Å². The molecule has 7 heteroatoms. The van der Waals surface area contributed by atoms with Crippen molar-refractivity contribution >= 4 is 23.4 Å². The standard InChI is InChI=1S/C18H26N4O3/c1-14(23)19-15-3-5-16(6-4-15)22-11-9-21(10-12-22)8-7-17-13-20(2)18(24)25-17/h3-6,17H,7-13H2,1-2H3,(H,19,23). The Morgan fingerprint density at radius 3 is 2.44 bits per heavy atom. The van der Waals surface area contributed by atoms with E-state index in [1.54, 1.807) is 11.9 Å². The van der Waals surface area contributed by atoms with Crippen molar-refractivity contribution in [3.05, 3.63) is 24.3 Å². The number of hydrogen-bond donors (Lipinski definition) is 1. The Kier molecular flexibility index (Phi) is 5.43. The van der Waals surface area contributed by atoms with E-state index < -0.39 is 0 Å². The Morgan fingerprint density at radius 2 is 1.88 bits per heavy atom. The Hall–Kier alpha value is -2.28. The molecule has 3 rings (SSSR count). The summed E-state index contributed by atoms with van der Waals surface area (Å²) in [5.41, 5.74) is 2.01. The molecular formula is C18H26N4O3. The van der Waals surface area contributed by atoms with E-state index >= 15 is 0 Å². The van der Waals surface area contributed by atoms with Gasteiger partial charge in [-0.25, -0.2) is 4.79 Å². The number of carbonyl (C=O) groups excluding carboxylic acids is 2.